The molecule has 4 heteroatoms. The van der Waals surface area contributed by atoms with Crippen molar-refractivity contribution in [1.29, 1.82) is 0 Å². The van der Waals surface area contributed by atoms with Crippen LogP contribution in [0.5, 0.6) is 0 Å². The molecule has 0 spiro atoms. The zero-order chi connectivity index (χ0) is 16.4. The molecule has 2 heterocycles. The van der Waals surface area contributed by atoms with E-state index in [-0.39, 0.29) is 5.82 Å². The van der Waals surface area contributed by atoms with Gasteiger partial charge in [-0.25, -0.2) is 4.39 Å². The largest absolute Gasteiger partial charge is 0.382 e. The molecule has 0 bridgehead atoms. The number of nitrogens with zero attached hydrogens (tertiary/aromatic N) is 1. The number of anilines is 1. The van der Waals surface area contributed by atoms with Crippen molar-refractivity contribution in [2.24, 2.45) is 0 Å². The smallest absolute Gasteiger partial charge is 0.123 e. The van der Waals surface area contributed by atoms with E-state index >= 15 is 0 Å². The van der Waals surface area contributed by atoms with Crippen molar-refractivity contribution in [3.05, 3.63) is 60.7 Å². The van der Waals surface area contributed by atoms with E-state index in [1.54, 1.807) is 18.3 Å². The molecule has 1 aliphatic heterocycles. The van der Waals surface area contributed by atoms with E-state index in [0.29, 0.717) is 6.04 Å². The topological polar surface area (TPSA) is 37.0 Å². The molecule has 0 aliphatic carbocycles. The van der Waals surface area contributed by atoms with Crippen molar-refractivity contribution < 1.29 is 4.39 Å². The number of pyridine rings is 1. The van der Waals surface area contributed by atoms with Crippen LogP contribution in [0, 0.1) is 5.82 Å². The average Bonchev–Trinajstić information content (AvgIpc) is 2.62. The Labute approximate surface area is 140 Å². The van der Waals surface area contributed by atoms with E-state index in [4.69, 9.17) is 0 Å². The molecule has 0 unspecified atom stereocenters. The number of rotatable bonds is 3. The number of benzene rings is 2. The van der Waals surface area contributed by atoms with Gasteiger partial charge in [0.05, 0.1) is 0 Å². The lowest BCUT2D eigenvalue weighted by Crippen LogP contribution is -2.35. The van der Waals surface area contributed by atoms with Gasteiger partial charge in [-0.1, -0.05) is 12.1 Å². The predicted octanol–water partition coefficient (Wildman–Crippen LogP) is 4.20. The molecule has 1 fully saturated rings. The van der Waals surface area contributed by atoms with Crippen LogP contribution in [0.3, 0.4) is 0 Å². The van der Waals surface area contributed by atoms with Crippen LogP contribution in [-0.4, -0.2) is 24.1 Å². The predicted molar refractivity (Wildman–Crippen MR) is 96.7 cm³/mol. The minimum atomic E-state index is -0.213. The van der Waals surface area contributed by atoms with E-state index in [2.05, 4.69) is 27.8 Å². The third-order valence-corrected chi connectivity index (χ3v) is 4.61. The molecule has 0 atom stereocenters. The molecule has 2 N–H and O–H groups in total. The number of aromatic nitrogens is 1. The van der Waals surface area contributed by atoms with Gasteiger partial charge in [-0.05, 0) is 72.8 Å². The summed E-state index contributed by atoms with van der Waals surface area (Å²) < 4.78 is 13.6. The highest BCUT2D eigenvalue weighted by Gasteiger charge is 2.15. The fraction of sp³-hybridized carbons (Fsp3) is 0.250. The molecule has 24 heavy (non-hydrogen) atoms. The monoisotopic (exact) mass is 321 g/mol. The van der Waals surface area contributed by atoms with Gasteiger partial charge >= 0.3 is 0 Å². The zero-order valence-electron chi connectivity index (χ0n) is 13.4. The van der Waals surface area contributed by atoms with Crippen molar-refractivity contribution in [1.82, 2.24) is 10.3 Å². The maximum atomic E-state index is 13.6. The maximum absolute atomic E-state index is 13.6. The zero-order valence-corrected chi connectivity index (χ0v) is 13.4. The number of halogens is 1. The Hall–Kier alpha value is -2.46. The van der Waals surface area contributed by atoms with Crippen molar-refractivity contribution in [3.63, 3.8) is 0 Å². The van der Waals surface area contributed by atoms with Crippen molar-refractivity contribution in [2.45, 2.75) is 18.9 Å². The Morgan fingerprint density at radius 3 is 2.75 bits per heavy atom. The van der Waals surface area contributed by atoms with Crippen molar-refractivity contribution in [3.8, 4) is 11.1 Å². The second-order valence-electron chi connectivity index (χ2n) is 6.30. The summed E-state index contributed by atoms with van der Waals surface area (Å²) in [6.07, 6.45) is 5.90. The molecule has 3 nitrogen and oxygen atoms in total. The number of fused-ring (bicyclic) bond motifs is 1. The van der Waals surface area contributed by atoms with Gasteiger partial charge in [0, 0.05) is 29.5 Å². The van der Waals surface area contributed by atoms with Gasteiger partial charge in [0.15, 0.2) is 0 Å². The molecular weight excluding hydrogens is 301 g/mol. The van der Waals surface area contributed by atoms with Crippen LogP contribution >= 0.6 is 0 Å². The molecular formula is C20H20FN3. The first-order valence-electron chi connectivity index (χ1n) is 8.40. The molecule has 1 aliphatic rings. The molecule has 1 saturated heterocycles. The standard InChI is InChI=1S/C20H20FN3/c21-17-3-1-2-14(11-17)16-10-15-4-7-23-13-19(15)20(12-16)24-18-5-8-22-9-6-18/h1-4,7,10-13,18,22,24H,5-6,8-9H2. The summed E-state index contributed by atoms with van der Waals surface area (Å²) in [7, 11) is 0. The molecule has 1 aromatic heterocycles. The highest BCUT2D eigenvalue weighted by molar-refractivity contribution is 5.97. The Morgan fingerprint density at radius 1 is 1.04 bits per heavy atom. The van der Waals surface area contributed by atoms with Crippen molar-refractivity contribution >= 4 is 16.5 Å². The second kappa shape index (κ2) is 6.57. The van der Waals surface area contributed by atoms with Gasteiger partial charge in [0.2, 0.25) is 0 Å². The Morgan fingerprint density at radius 2 is 1.92 bits per heavy atom. The summed E-state index contributed by atoms with van der Waals surface area (Å²) in [5, 5.41) is 9.28. The van der Waals surface area contributed by atoms with Gasteiger partial charge in [-0.3, -0.25) is 4.98 Å². The Bertz CT molecular complexity index is 856. The summed E-state index contributed by atoms with van der Waals surface area (Å²) >= 11 is 0. The van der Waals surface area contributed by atoms with Crippen molar-refractivity contribution in [2.75, 3.05) is 18.4 Å². The van der Waals surface area contributed by atoms with Crippen LogP contribution < -0.4 is 10.6 Å². The summed E-state index contributed by atoms with van der Waals surface area (Å²) in [5.41, 5.74) is 2.98. The fourth-order valence-electron chi connectivity index (χ4n) is 3.34. The van der Waals surface area contributed by atoms with E-state index in [0.717, 1.165) is 53.5 Å². The third-order valence-electron chi connectivity index (χ3n) is 4.61. The molecule has 0 saturated carbocycles. The molecule has 4 rings (SSSR count). The van der Waals surface area contributed by atoms with Gasteiger partial charge < -0.3 is 10.6 Å². The van der Waals surface area contributed by atoms with E-state index < -0.39 is 0 Å². The number of hydrogen-bond acceptors (Lipinski definition) is 3. The SMILES string of the molecule is Fc1cccc(-c2cc(NC3CCNCC3)c3cnccc3c2)c1. The quantitative estimate of drug-likeness (QED) is 0.759. The first kappa shape index (κ1) is 15.1. The summed E-state index contributed by atoms with van der Waals surface area (Å²) in [6, 6.07) is 13.4. The second-order valence-corrected chi connectivity index (χ2v) is 6.30. The highest BCUT2D eigenvalue weighted by Crippen LogP contribution is 2.31. The number of nitrogens with one attached hydrogen (secondary N) is 2. The van der Waals surface area contributed by atoms with Crippen LogP contribution in [-0.2, 0) is 0 Å². The average molecular weight is 321 g/mol. The molecule has 2 aromatic carbocycles. The highest BCUT2D eigenvalue weighted by atomic mass is 19.1. The summed E-state index contributed by atoms with van der Waals surface area (Å²) in [5.74, 6) is -0.213. The van der Waals surface area contributed by atoms with E-state index in [1.807, 2.05) is 18.3 Å². The minimum Gasteiger partial charge on any atom is -0.382 e. The van der Waals surface area contributed by atoms with Crippen LogP contribution in [0.2, 0.25) is 0 Å². The molecule has 0 amide bonds. The minimum absolute atomic E-state index is 0.213. The fourth-order valence-corrected chi connectivity index (χ4v) is 3.34. The Balaban J connectivity index is 1.78. The number of hydrogen-bond donors (Lipinski definition) is 2. The lowest BCUT2D eigenvalue weighted by Gasteiger charge is -2.25. The molecule has 122 valence electrons. The maximum Gasteiger partial charge on any atom is 0.123 e. The molecule has 0 radical (unpaired) electrons. The number of piperidine rings is 1. The van der Waals surface area contributed by atoms with Gasteiger partial charge in [-0.2, -0.15) is 0 Å². The van der Waals surface area contributed by atoms with Crippen LogP contribution in [0.4, 0.5) is 10.1 Å². The van der Waals surface area contributed by atoms with Crippen LogP contribution in [0.25, 0.3) is 21.9 Å². The first-order chi connectivity index (χ1) is 11.8. The first-order valence-corrected chi connectivity index (χ1v) is 8.40. The van der Waals surface area contributed by atoms with Crippen LogP contribution in [0.1, 0.15) is 12.8 Å². The molecule has 3 aromatic rings. The lowest BCUT2D eigenvalue weighted by molar-refractivity contribution is 0.479. The lowest BCUT2D eigenvalue weighted by atomic mass is 9.99. The third kappa shape index (κ3) is 3.10. The Kier molecular flexibility index (Phi) is 4.13. The van der Waals surface area contributed by atoms with Crippen LogP contribution in [0.15, 0.2) is 54.9 Å². The summed E-state index contributed by atoms with van der Waals surface area (Å²) in [6.45, 7) is 2.08. The van der Waals surface area contributed by atoms with Gasteiger partial charge in [0.25, 0.3) is 0 Å². The van der Waals surface area contributed by atoms with E-state index in [1.165, 1.54) is 6.07 Å². The summed E-state index contributed by atoms with van der Waals surface area (Å²) in [4.78, 5) is 4.27. The van der Waals surface area contributed by atoms with E-state index in [9.17, 15) is 4.39 Å². The van der Waals surface area contributed by atoms with Gasteiger partial charge in [-0.15, -0.1) is 0 Å². The van der Waals surface area contributed by atoms with Gasteiger partial charge in [0.1, 0.15) is 5.82 Å². The normalized spacial score (nSPS) is 15.5.